The van der Waals surface area contributed by atoms with Crippen LogP contribution in [0.5, 0.6) is 0 Å². The number of benzene rings is 2. The molecule has 2 aromatic rings. The van der Waals surface area contributed by atoms with Crippen molar-refractivity contribution in [3.63, 3.8) is 0 Å². The molecular weight excluding hydrogens is 344 g/mol. The Balaban J connectivity index is 1.98. The highest BCUT2D eigenvalue weighted by Crippen LogP contribution is 2.19. The summed E-state index contributed by atoms with van der Waals surface area (Å²) < 4.78 is 5.22. The SMILES string of the molecule is CN(C)c1cccc(NC(=O)Nc2cccc(NC(=O)OC(C)(C)C)c2)c1. The van der Waals surface area contributed by atoms with Crippen molar-refractivity contribution in [2.45, 2.75) is 26.4 Å². The maximum atomic E-state index is 12.2. The third-order valence-electron chi connectivity index (χ3n) is 3.39. The van der Waals surface area contributed by atoms with Gasteiger partial charge in [-0.15, -0.1) is 0 Å². The second-order valence-electron chi connectivity index (χ2n) is 7.23. The summed E-state index contributed by atoms with van der Waals surface area (Å²) in [5.74, 6) is 0. The third kappa shape index (κ3) is 6.89. The van der Waals surface area contributed by atoms with Gasteiger partial charge in [0.15, 0.2) is 0 Å². The number of nitrogens with zero attached hydrogens (tertiary/aromatic N) is 1. The average Bonchev–Trinajstić information content (AvgIpc) is 2.53. The first-order valence-corrected chi connectivity index (χ1v) is 8.58. The second kappa shape index (κ2) is 8.44. The van der Waals surface area contributed by atoms with Gasteiger partial charge in [0, 0.05) is 36.8 Å². The molecule has 0 bridgehead atoms. The zero-order valence-electron chi connectivity index (χ0n) is 16.3. The summed E-state index contributed by atoms with van der Waals surface area (Å²) in [5, 5.41) is 8.18. The quantitative estimate of drug-likeness (QED) is 0.726. The standard InChI is InChI=1S/C20H26N4O3/c1-20(2,3)27-19(26)23-15-9-6-8-14(12-15)21-18(25)22-16-10-7-11-17(13-16)24(4)5/h6-13H,1-5H3,(H,23,26)(H2,21,22,25). The lowest BCUT2D eigenvalue weighted by atomic mass is 10.2. The molecular formula is C20H26N4O3. The van der Waals surface area contributed by atoms with Gasteiger partial charge in [-0.25, -0.2) is 9.59 Å². The van der Waals surface area contributed by atoms with E-state index in [2.05, 4.69) is 16.0 Å². The number of carbonyl (C=O) groups excluding carboxylic acids is 2. The molecule has 0 saturated carbocycles. The van der Waals surface area contributed by atoms with Gasteiger partial charge in [-0.2, -0.15) is 0 Å². The largest absolute Gasteiger partial charge is 0.444 e. The molecule has 2 rings (SSSR count). The molecule has 7 nitrogen and oxygen atoms in total. The lowest BCUT2D eigenvalue weighted by Gasteiger charge is -2.19. The van der Waals surface area contributed by atoms with Crippen molar-refractivity contribution < 1.29 is 14.3 Å². The van der Waals surface area contributed by atoms with E-state index in [1.165, 1.54) is 0 Å². The van der Waals surface area contributed by atoms with Crippen molar-refractivity contribution in [3.05, 3.63) is 48.5 Å². The van der Waals surface area contributed by atoms with E-state index in [1.54, 1.807) is 45.0 Å². The molecule has 7 heteroatoms. The van der Waals surface area contributed by atoms with Gasteiger partial charge in [-0.05, 0) is 57.2 Å². The van der Waals surface area contributed by atoms with Crippen molar-refractivity contribution in [2.24, 2.45) is 0 Å². The van der Waals surface area contributed by atoms with E-state index in [-0.39, 0.29) is 6.03 Å². The molecule has 0 heterocycles. The van der Waals surface area contributed by atoms with Gasteiger partial charge >= 0.3 is 12.1 Å². The minimum absolute atomic E-state index is 0.375. The van der Waals surface area contributed by atoms with Crippen LogP contribution in [0.1, 0.15) is 20.8 Å². The normalized spacial score (nSPS) is 10.7. The first-order valence-electron chi connectivity index (χ1n) is 8.58. The van der Waals surface area contributed by atoms with Crippen LogP contribution in [0.3, 0.4) is 0 Å². The van der Waals surface area contributed by atoms with Gasteiger partial charge in [-0.3, -0.25) is 5.32 Å². The Kier molecular flexibility index (Phi) is 6.28. The number of ether oxygens (including phenoxy) is 1. The second-order valence-corrected chi connectivity index (χ2v) is 7.23. The van der Waals surface area contributed by atoms with E-state index >= 15 is 0 Å². The fourth-order valence-corrected chi connectivity index (χ4v) is 2.25. The fraction of sp³-hybridized carbons (Fsp3) is 0.300. The fourth-order valence-electron chi connectivity index (χ4n) is 2.25. The number of carbonyl (C=O) groups is 2. The van der Waals surface area contributed by atoms with Gasteiger partial charge in [-0.1, -0.05) is 12.1 Å². The summed E-state index contributed by atoms with van der Waals surface area (Å²) in [5.41, 5.74) is 2.15. The van der Waals surface area contributed by atoms with Crippen LogP contribution in [0.15, 0.2) is 48.5 Å². The van der Waals surface area contributed by atoms with E-state index < -0.39 is 11.7 Å². The lowest BCUT2D eigenvalue weighted by molar-refractivity contribution is 0.0636. The highest BCUT2D eigenvalue weighted by molar-refractivity contribution is 6.00. The van der Waals surface area contributed by atoms with Crippen LogP contribution in [-0.2, 0) is 4.74 Å². The van der Waals surface area contributed by atoms with Gasteiger partial charge in [0.25, 0.3) is 0 Å². The molecule has 2 aromatic carbocycles. The monoisotopic (exact) mass is 370 g/mol. The maximum absolute atomic E-state index is 12.2. The van der Waals surface area contributed by atoms with E-state index in [0.29, 0.717) is 17.1 Å². The Morgan fingerprint density at radius 2 is 1.37 bits per heavy atom. The van der Waals surface area contributed by atoms with Crippen molar-refractivity contribution in [1.82, 2.24) is 0 Å². The zero-order valence-corrected chi connectivity index (χ0v) is 16.3. The average molecular weight is 370 g/mol. The van der Waals surface area contributed by atoms with Gasteiger partial charge in [0.1, 0.15) is 5.60 Å². The zero-order chi connectivity index (χ0) is 20.0. The Morgan fingerprint density at radius 1 is 0.852 bits per heavy atom. The molecule has 3 N–H and O–H groups in total. The van der Waals surface area contributed by atoms with Gasteiger partial charge in [0.05, 0.1) is 0 Å². The lowest BCUT2D eigenvalue weighted by Crippen LogP contribution is -2.27. The summed E-state index contributed by atoms with van der Waals surface area (Å²) in [4.78, 5) is 26.0. The molecule has 0 fully saturated rings. The highest BCUT2D eigenvalue weighted by Gasteiger charge is 2.16. The number of rotatable bonds is 4. The summed E-state index contributed by atoms with van der Waals surface area (Å²) in [6.45, 7) is 5.38. The number of amides is 3. The van der Waals surface area contributed by atoms with Crippen molar-refractivity contribution in [3.8, 4) is 0 Å². The van der Waals surface area contributed by atoms with Crippen molar-refractivity contribution in [2.75, 3.05) is 34.9 Å². The molecule has 0 radical (unpaired) electrons. The minimum Gasteiger partial charge on any atom is -0.444 e. The summed E-state index contributed by atoms with van der Waals surface area (Å²) in [7, 11) is 3.87. The molecule has 0 aliphatic heterocycles. The topological polar surface area (TPSA) is 82.7 Å². The molecule has 3 amide bonds. The molecule has 0 spiro atoms. The molecule has 144 valence electrons. The first kappa shape index (κ1) is 20.1. The Labute approximate surface area is 159 Å². The predicted molar refractivity (Wildman–Crippen MR) is 110 cm³/mol. The van der Waals surface area contributed by atoms with Gasteiger partial charge < -0.3 is 20.3 Å². The van der Waals surface area contributed by atoms with Crippen LogP contribution in [0.4, 0.5) is 32.3 Å². The maximum Gasteiger partial charge on any atom is 0.412 e. The molecule has 0 unspecified atom stereocenters. The Hall–Kier alpha value is -3.22. The molecule has 27 heavy (non-hydrogen) atoms. The number of hydrogen-bond donors (Lipinski definition) is 3. The Bertz CT molecular complexity index is 813. The molecule has 0 aliphatic carbocycles. The summed E-state index contributed by atoms with van der Waals surface area (Å²) in [6.07, 6.45) is -0.551. The molecule has 0 atom stereocenters. The van der Waals surface area contributed by atoms with E-state index in [4.69, 9.17) is 4.74 Å². The van der Waals surface area contributed by atoms with E-state index in [9.17, 15) is 9.59 Å². The third-order valence-corrected chi connectivity index (χ3v) is 3.39. The summed E-state index contributed by atoms with van der Waals surface area (Å²) >= 11 is 0. The van der Waals surface area contributed by atoms with E-state index in [1.807, 2.05) is 43.3 Å². The van der Waals surface area contributed by atoms with Crippen LogP contribution in [0.25, 0.3) is 0 Å². The molecule has 0 saturated heterocycles. The minimum atomic E-state index is -0.582. The first-order chi connectivity index (χ1) is 12.6. The van der Waals surface area contributed by atoms with Crippen LogP contribution >= 0.6 is 0 Å². The van der Waals surface area contributed by atoms with E-state index in [0.717, 1.165) is 5.69 Å². The number of anilines is 4. The highest BCUT2D eigenvalue weighted by atomic mass is 16.6. The van der Waals surface area contributed by atoms with Crippen LogP contribution < -0.4 is 20.9 Å². The summed E-state index contributed by atoms with van der Waals surface area (Å²) in [6, 6.07) is 14.0. The van der Waals surface area contributed by atoms with Gasteiger partial charge in [0.2, 0.25) is 0 Å². The number of nitrogens with one attached hydrogen (secondary N) is 3. The van der Waals surface area contributed by atoms with Crippen LogP contribution in [0.2, 0.25) is 0 Å². The van der Waals surface area contributed by atoms with Crippen LogP contribution in [-0.4, -0.2) is 31.8 Å². The number of hydrogen-bond acceptors (Lipinski definition) is 4. The van der Waals surface area contributed by atoms with Crippen molar-refractivity contribution >= 4 is 34.9 Å². The smallest absolute Gasteiger partial charge is 0.412 e. The van der Waals surface area contributed by atoms with Crippen LogP contribution in [0, 0.1) is 0 Å². The number of urea groups is 1. The molecule has 0 aromatic heterocycles. The predicted octanol–water partition coefficient (Wildman–Crippen LogP) is 4.74. The van der Waals surface area contributed by atoms with Crippen molar-refractivity contribution in [1.29, 1.82) is 0 Å². The molecule has 0 aliphatic rings. The Morgan fingerprint density at radius 3 is 1.93 bits per heavy atom.